The van der Waals surface area contributed by atoms with Gasteiger partial charge in [0.25, 0.3) is 0 Å². The molecule has 0 saturated heterocycles. The van der Waals surface area contributed by atoms with Crippen molar-refractivity contribution >= 4 is 12.2 Å². The minimum Gasteiger partial charge on any atom is -0.369 e. The van der Waals surface area contributed by atoms with E-state index in [1.54, 1.807) is 0 Å². The quantitative estimate of drug-likeness (QED) is 0.557. The van der Waals surface area contributed by atoms with E-state index in [4.69, 9.17) is 5.73 Å². The second-order valence-electron chi connectivity index (χ2n) is 2.65. The molecule has 0 fully saturated rings. The Morgan fingerprint density at radius 3 is 3.00 bits per heavy atom. The molecule has 0 unspecified atom stereocenters. The third-order valence-electron chi connectivity index (χ3n) is 1.49. The summed E-state index contributed by atoms with van der Waals surface area (Å²) in [5.74, 6) is 3.68. The van der Waals surface area contributed by atoms with E-state index in [9.17, 15) is 14.0 Å². The van der Waals surface area contributed by atoms with Gasteiger partial charge in [0.15, 0.2) is 12.1 Å². The lowest BCUT2D eigenvalue weighted by Gasteiger charge is -1.93. The van der Waals surface area contributed by atoms with Crippen LogP contribution in [0.1, 0.15) is 22.5 Å². The molecule has 0 saturated carbocycles. The molecule has 0 atom stereocenters. The Morgan fingerprint density at radius 2 is 2.40 bits per heavy atom. The number of hydrogen-bond donors (Lipinski definition) is 1. The van der Waals surface area contributed by atoms with Crippen molar-refractivity contribution in [3.05, 3.63) is 29.3 Å². The summed E-state index contributed by atoms with van der Waals surface area (Å²) in [7, 11) is 0. The van der Waals surface area contributed by atoms with Crippen molar-refractivity contribution in [3.8, 4) is 11.8 Å². The van der Waals surface area contributed by atoms with E-state index in [0.29, 0.717) is 6.29 Å². The molecule has 1 heterocycles. The molecule has 0 aliphatic carbocycles. The number of nitrogens with two attached hydrogens (primary N) is 1. The number of halogens is 1. The highest BCUT2D eigenvalue weighted by molar-refractivity contribution is 5.77. The highest BCUT2D eigenvalue weighted by atomic mass is 19.1. The van der Waals surface area contributed by atoms with Gasteiger partial charge in [-0.15, -0.1) is 0 Å². The third-order valence-corrected chi connectivity index (χ3v) is 1.49. The van der Waals surface area contributed by atoms with Crippen LogP contribution in [0.2, 0.25) is 0 Å². The van der Waals surface area contributed by atoms with E-state index in [1.165, 1.54) is 6.07 Å². The smallest absolute Gasteiger partial charge is 0.229 e. The Labute approximate surface area is 85.3 Å². The molecule has 5 heteroatoms. The van der Waals surface area contributed by atoms with E-state index in [-0.39, 0.29) is 17.7 Å². The Balaban J connectivity index is 2.90. The summed E-state index contributed by atoms with van der Waals surface area (Å²) in [4.78, 5) is 24.3. The summed E-state index contributed by atoms with van der Waals surface area (Å²) >= 11 is 0. The first-order chi connectivity index (χ1) is 7.13. The SMILES string of the molecule is NC(=O)CC#Cc1cc(C=O)c(F)cn1. The zero-order valence-corrected chi connectivity index (χ0v) is 7.66. The molecule has 0 aromatic carbocycles. The molecule has 0 aliphatic heterocycles. The van der Waals surface area contributed by atoms with Gasteiger partial charge in [-0.1, -0.05) is 5.92 Å². The number of amides is 1. The summed E-state index contributed by atoms with van der Waals surface area (Å²) in [5, 5.41) is 0. The van der Waals surface area contributed by atoms with Crippen LogP contribution < -0.4 is 5.73 Å². The summed E-state index contributed by atoms with van der Waals surface area (Å²) in [6, 6.07) is 1.20. The highest BCUT2D eigenvalue weighted by Crippen LogP contribution is 2.04. The molecule has 0 aliphatic rings. The fourth-order valence-corrected chi connectivity index (χ4v) is 0.835. The van der Waals surface area contributed by atoms with Crippen LogP contribution in [0, 0.1) is 17.7 Å². The molecule has 4 nitrogen and oxygen atoms in total. The Morgan fingerprint density at radius 1 is 1.67 bits per heavy atom. The number of aldehydes is 1. The van der Waals surface area contributed by atoms with Crippen molar-refractivity contribution in [2.75, 3.05) is 0 Å². The minimum atomic E-state index is -0.703. The van der Waals surface area contributed by atoms with Crippen molar-refractivity contribution in [2.24, 2.45) is 5.73 Å². The van der Waals surface area contributed by atoms with Crippen LogP contribution in [-0.2, 0) is 4.79 Å². The fourth-order valence-electron chi connectivity index (χ4n) is 0.835. The lowest BCUT2D eigenvalue weighted by Crippen LogP contribution is -2.08. The molecule has 1 aromatic rings. The molecule has 1 amide bonds. The number of carbonyl (C=O) groups excluding carboxylic acids is 2. The van der Waals surface area contributed by atoms with Gasteiger partial charge in [0.1, 0.15) is 5.69 Å². The third kappa shape index (κ3) is 3.19. The van der Waals surface area contributed by atoms with E-state index in [2.05, 4.69) is 16.8 Å². The van der Waals surface area contributed by atoms with Gasteiger partial charge in [-0.2, -0.15) is 0 Å². The number of primary amides is 1. The van der Waals surface area contributed by atoms with Crippen LogP contribution in [-0.4, -0.2) is 17.2 Å². The molecule has 15 heavy (non-hydrogen) atoms. The Hall–Kier alpha value is -2.22. The van der Waals surface area contributed by atoms with E-state index < -0.39 is 11.7 Å². The van der Waals surface area contributed by atoms with Gasteiger partial charge in [0.05, 0.1) is 18.2 Å². The number of nitrogens with zero attached hydrogens (tertiary/aromatic N) is 1. The normalized spacial score (nSPS) is 8.87. The molecular weight excluding hydrogens is 199 g/mol. The average Bonchev–Trinajstić information content (AvgIpc) is 2.20. The van der Waals surface area contributed by atoms with Gasteiger partial charge in [0, 0.05) is 0 Å². The average molecular weight is 206 g/mol. The molecular formula is C10H7FN2O2. The largest absolute Gasteiger partial charge is 0.369 e. The Bertz CT molecular complexity index is 460. The summed E-state index contributed by atoms with van der Waals surface area (Å²) < 4.78 is 12.8. The predicted molar refractivity (Wildman–Crippen MR) is 50.3 cm³/mol. The van der Waals surface area contributed by atoms with Gasteiger partial charge in [0.2, 0.25) is 5.91 Å². The molecule has 76 valence electrons. The zero-order valence-electron chi connectivity index (χ0n) is 7.66. The van der Waals surface area contributed by atoms with Crippen LogP contribution >= 0.6 is 0 Å². The van der Waals surface area contributed by atoms with Crippen LogP contribution in [0.5, 0.6) is 0 Å². The number of aromatic nitrogens is 1. The van der Waals surface area contributed by atoms with Crippen molar-refractivity contribution in [1.29, 1.82) is 0 Å². The molecule has 1 rings (SSSR count). The first-order valence-electron chi connectivity index (χ1n) is 4.01. The molecule has 0 radical (unpaired) electrons. The second kappa shape index (κ2) is 4.86. The number of carbonyl (C=O) groups is 2. The summed E-state index contributed by atoms with van der Waals surface area (Å²) in [6.07, 6.45) is 1.17. The van der Waals surface area contributed by atoms with E-state index in [0.717, 1.165) is 6.20 Å². The highest BCUT2D eigenvalue weighted by Gasteiger charge is 2.01. The lowest BCUT2D eigenvalue weighted by molar-refractivity contribution is -0.117. The number of hydrogen-bond acceptors (Lipinski definition) is 3. The topological polar surface area (TPSA) is 73.1 Å². The van der Waals surface area contributed by atoms with Gasteiger partial charge in [-0.3, -0.25) is 9.59 Å². The lowest BCUT2D eigenvalue weighted by atomic mass is 10.2. The maximum absolute atomic E-state index is 12.8. The monoisotopic (exact) mass is 206 g/mol. The fraction of sp³-hybridized carbons (Fsp3) is 0.100. The van der Waals surface area contributed by atoms with Crippen molar-refractivity contribution in [1.82, 2.24) is 4.98 Å². The summed E-state index contributed by atoms with van der Waals surface area (Å²) in [5.41, 5.74) is 4.96. The maximum atomic E-state index is 12.8. The first kappa shape index (κ1) is 10.9. The Kier molecular flexibility index (Phi) is 3.52. The number of pyridine rings is 1. The molecule has 2 N–H and O–H groups in total. The van der Waals surface area contributed by atoms with E-state index in [1.807, 2.05) is 0 Å². The van der Waals surface area contributed by atoms with Crippen LogP contribution in [0.3, 0.4) is 0 Å². The molecule has 1 aromatic heterocycles. The standard InChI is InChI=1S/C10H7FN2O2/c11-9-5-13-8(4-7(9)6-14)2-1-3-10(12)15/h4-6H,3H2,(H2,12,15). The van der Waals surface area contributed by atoms with Gasteiger partial charge in [-0.05, 0) is 12.0 Å². The summed E-state index contributed by atoms with van der Waals surface area (Å²) in [6.45, 7) is 0. The van der Waals surface area contributed by atoms with E-state index >= 15 is 0 Å². The second-order valence-corrected chi connectivity index (χ2v) is 2.65. The predicted octanol–water partition coefficient (Wildman–Crippen LogP) is 0.260. The first-order valence-corrected chi connectivity index (χ1v) is 4.01. The maximum Gasteiger partial charge on any atom is 0.229 e. The van der Waals surface area contributed by atoms with Gasteiger partial charge in [-0.25, -0.2) is 9.37 Å². The van der Waals surface area contributed by atoms with Crippen molar-refractivity contribution < 1.29 is 14.0 Å². The molecule has 0 bridgehead atoms. The number of rotatable bonds is 2. The van der Waals surface area contributed by atoms with Crippen molar-refractivity contribution in [3.63, 3.8) is 0 Å². The van der Waals surface area contributed by atoms with Crippen LogP contribution in [0.4, 0.5) is 4.39 Å². The minimum absolute atomic E-state index is 0.102. The molecule has 0 spiro atoms. The van der Waals surface area contributed by atoms with Gasteiger partial charge >= 0.3 is 0 Å². The van der Waals surface area contributed by atoms with Crippen molar-refractivity contribution in [2.45, 2.75) is 6.42 Å². The van der Waals surface area contributed by atoms with Crippen LogP contribution in [0.15, 0.2) is 12.3 Å². The van der Waals surface area contributed by atoms with Crippen LogP contribution in [0.25, 0.3) is 0 Å². The zero-order chi connectivity index (χ0) is 11.3. The van der Waals surface area contributed by atoms with Gasteiger partial charge < -0.3 is 5.73 Å².